The fourth-order valence-corrected chi connectivity index (χ4v) is 2.10. The third-order valence-electron chi connectivity index (χ3n) is 2.93. The van der Waals surface area contributed by atoms with Gasteiger partial charge in [-0.3, -0.25) is 9.78 Å². The molecule has 1 aliphatic carbocycles. The van der Waals surface area contributed by atoms with Gasteiger partial charge in [0.15, 0.2) is 0 Å². The monoisotopic (exact) mass is 231 g/mol. The zero-order chi connectivity index (χ0) is 11.8. The van der Waals surface area contributed by atoms with E-state index < -0.39 is 11.9 Å². The lowest BCUT2D eigenvalue weighted by Gasteiger charge is -2.05. The highest BCUT2D eigenvalue weighted by Gasteiger charge is 2.30. The average Bonchev–Trinajstić information content (AvgIpc) is 2.97. The number of aryl methyl sites for hydroxylation is 1. The zero-order valence-corrected chi connectivity index (χ0v) is 8.82. The third kappa shape index (κ3) is 1.55. The number of carboxylic acid groups (broad SMARTS) is 1. The van der Waals surface area contributed by atoms with Crippen LogP contribution in [-0.2, 0) is 11.2 Å². The van der Waals surface area contributed by atoms with E-state index in [4.69, 9.17) is 5.11 Å². The molecule has 0 amide bonds. The number of aliphatic carboxylic acids is 1. The van der Waals surface area contributed by atoms with Gasteiger partial charge in [0, 0.05) is 0 Å². The summed E-state index contributed by atoms with van der Waals surface area (Å²) in [6.07, 6.45) is 4.41. The largest absolute Gasteiger partial charge is 0.481 e. The molecule has 0 spiro atoms. The molecule has 0 aromatic carbocycles. The lowest BCUT2D eigenvalue weighted by atomic mass is 10.1. The number of hydrogen-bond acceptors (Lipinski definition) is 5. The summed E-state index contributed by atoms with van der Waals surface area (Å²) in [5.74, 6) is -1.29. The number of carboxylic acids is 1. The minimum absolute atomic E-state index is 0.479. The predicted molar refractivity (Wildman–Crippen MR) is 55.6 cm³/mol. The Morgan fingerprint density at radius 1 is 1.53 bits per heavy atom. The van der Waals surface area contributed by atoms with Gasteiger partial charge < -0.3 is 5.11 Å². The SMILES string of the molecule is O=C(O)C1CCc2cc(-n3cnnn3)cnc21. The molecule has 86 valence electrons. The van der Waals surface area contributed by atoms with Crippen LogP contribution >= 0.6 is 0 Å². The van der Waals surface area contributed by atoms with E-state index in [0.717, 1.165) is 17.7 Å². The van der Waals surface area contributed by atoms with Crippen LogP contribution in [0.3, 0.4) is 0 Å². The molecule has 1 aliphatic rings. The van der Waals surface area contributed by atoms with Gasteiger partial charge in [-0.2, -0.15) is 4.68 Å². The Morgan fingerprint density at radius 2 is 2.41 bits per heavy atom. The lowest BCUT2D eigenvalue weighted by Crippen LogP contribution is -2.09. The van der Waals surface area contributed by atoms with Crippen LogP contribution in [0.4, 0.5) is 0 Å². The highest BCUT2D eigenvalue weighted by molar-refractivity contribution is 5.77. The predicted octanol–water partition coefficient (Wildman–Crippen LogP) is 0.172. The van der Waals surface area contributed by atoms with Gasteiger partial charge in [-0.15, -0.1) is 5.10 Å². The van der Waals surface area contributed by atoms with E-state index in [1.54, 1.807) is 6.20 Å². The molecule has 0 bridgehead atoms. The van der Waals surface area contributed by atoms with Crippen molar-refractivity contribution in [2.45, 2.75) is 18.8 Å². The summed E-state index contributed by atoms with van der Waals surface area (Å²) in [5, 5.41) is 19.9. The Kier molecular flexibility index (Phi) is 2.10. The Hall–Kier alpha value is -2.31. The van der Waals surface area contributed by atoms with Crippen molar-refractivity contribution in [3.05, 3.63) is 29.8 Å². The standard InChI is InChI=1S/C10H9N5O2/c16-10(17)8-2-1-6-3-7(4-11-9(6)8)15-5-12-13-14-15/h3-5,8H,1-2H2,(H,16,17). The molecular weight excluding hydrogens is 222 g/mol. The molecule has 2 aromatic heterocycles. The molecule has 1 unspecified atom stereocenters. The number of fused-ring (bicyclic) bond motifs is 1. The summed E-state index contributed by atoms with van der Waals surface area (Å²) in [6.45, 7) is 0. The van der Waals surface area contributed by atoms with Crippen molar-refractivity contribution in [2.24, 2.45) is 0 Å². The molecule has 2 aromatic rings. The molecule has 0 aliphatic heterocycles. The fourth-order valence-electron chi connectivity index (χ4n) is 2.10. The van der Waals surface area contributed by atoms with Crippen molar-refractivity contribution in [1.82, 2.24) is 25.2 Å². The Labute approximate surface area is 96.1 Å². The van der Waals surface area contributed by atoms with Gasteiger partial charge in [0.2, 0.25) is 0 Å². The summed E-state index contributed by atoms with van der Waals surface area (Å²) in [7, 11) is 0. The second-order valence-electron chi connectivity index (χ2n) is 3.92. The highest BCUT2D eigenvalue weighted by Crippen LogP contribution is 2.32. The molecule has 2 heterocycles. The summed E-state index contributed by atoms with van der Waals surface area (Å²) in [6, 6.07) is 1.89. The molecule has 1 N–H and O–H groups in total. The normalized spacial score (nSPS) is 18.0. The number of hydrogen-bond donors (Lipinski definition) is 1. The van der Waals surface area contributed by atoms with Crippen molar-refractivity contribution >= 4 is 5.97 Å². The van der Waals surface area contributed by atoms with Crippen molar-refractivity contribution in [2.75, 3.05) is 0 Å². The van der Waals surface area contributed by atoms with Crippen LogP contribution in [0.2, 0.25) is 0 Å². The summed E-state index contributed by atoms with van der Waals surface area (Å²) < 4.78 is 1.50. The number of rotatable bonds is 2. The minimum atomic E-state index is -0.813. The van der Waals surface area contributed by atoms with Gasteiger partial charge in [0.05, 0.1) is 23.5 Å². The molecule has 0 saturated heterocycles. The van der Waals surface area contributed by atoms with Crippen molar-refractivity contribution in [3.8, 4) is 5.69 Å². The maximum absolute atomic E-state index is 11.0. The maximum atomic E-state index is 11.0. The quantitative estimate of drug-likeness (QED) is 0.791. The van der Waals surface area contributed by atoms with Crippen molar-refractivity contribution in [1.29, 1.82) is 0 Å². The zero-order valence-electron chi connectivity index (χ0n) is 8.82. The van der Waals surface area contributed by atoms with Crippen LogP contribution in [0.1, 0.15) is 23.6 Å². The van der Waals surface area contributed by atoms with Crippen LogP contribution in [-0.4, -0.2) is 36.3 Å². The fraction of sp³-hybridized carbons (Fsp3) is 0.300. The van der Waals surface area contributed by atoms with E-state index in [2.05, 4.69) is 20.5 Å². The summed E-state index contributed by atoms with van der Waals surface area (Å²) >= 11 is 0. The molecular formula is C10H9N5O2. The molecule has 7 heteroatoms. The molecule has 0 fully saturated rings. The number of aromatic nitrogens is 5. The molecule has 0 saturated carbocycles. The smallest absolute Gasteiger partial charge is 0.312 e. The number of nitrogens with zero attached hydrogens (tertiary/aromatic N) is 5. The van der Waals surface area contributed by atoms with Crippen molar-refractivity contribution < 1.29 is 9.90 Å². The van der Waals surface area contributed by atoms with Gasteiger partial charge in [-0.1, -0.05) is 0 Å². The van der Waals surface area contributed by atoms with Gasteiger partial charge in [0.25, 0.3) is 0 Å². The first kappa shape index (κ1) is 9.88. The summed E-state index contributed by atoms with van der Waals surface area (Å²) in [4.78, 5) is 15.2. The molecule has 0 radical (unpaired) electrons. The Morgan fingerprint density at radius 3 is 3.12 bits per heavy atom. The molecule has 17 heavy (non-hydrogen) atoms. The maximum Gasteiger partial charge on any atom is 0.312 e. The number of tetrazole rings is 1. The van der Waals surface area contributed by atoms with E-state index in [-0.39, 0.29) is 0 Å². The van der Waals surface area contributed by atoms with Gasteiger partial charge >= 0.3 is 5.97 Å². The second kappa shape index (κ2) is 3.62. The van der Waals surface area contributed by atoms with Crippen LogP contribution in [0.15, 0.2) is 18.6 Å². The topological polar surface area (TPSA) is 93.8 Å². The van der Waals surface area contributed by atoms with E-state index in [9.17, 15) is 4.79 Å². The highest BCUT2D eigenvalue weighted by atomic mass is 16.4. The first-order chi connectivity index (χ1) is 8.25. The van der Waals surface area contributed by atoms with Crippen LogP contribution in [0.25, 0.3) is 5.69 Å². The molecule has 7 nitrogen and oxygen atoms in total. The summed E-state index contributed by atoms with van der Waals surface area (Å²) in [5.41, 5.74) is 2.37. The van der Waals surface area contributed by atoms with Crippen molar-refractivity contribution in [3.63, 3.8) is 0 Å². The number of pyridine rings is 1. The van der Waals surface area contributed by atoms with Gasteiger partial charge in [-0.25, -0.2) is 0 Å². The minimum Gasteiger partial charge on any atom is -0.481 e. The third-order valence-corrected chi connectivity index (χ3v) is 2.93. The number of carbonyl (C=O) groups is 1. The van der Waals surface area contributed by atoms with E-state index in [0.29, 0.717) is 12.1 Å². The van der Waals surface area contributed by atoms with E-state index in [1.165, 1.54) is 11.0 Å². The van der Waals surface area contributed by atoms with Crippen LogP contribution < -0.4 is 0 Å². The average molecular weight is 231 g/mol. The molecule has 1 atom stereocenters. The van der Waals surface area contributed by atoms with Gasteiger partial charge in [-0.05, 0) is 34.9 Å². The first-order valence-electron chi connectivity index (χ1n) is 5.20. The van der Waals surface area contributed by atoms with Crippen LogP contribution in [0.5, 0.6) is 0 Å². The lowest BCUT2D eigenvalue weighted by molar-refractivity contribution is -0.138. The van der Waals surface area contributed by atoms with Gasteiger partial charge in [0.1, 0.15) is 6.33 Å². The first-order valence-corrected chi connectivity index (χ1v) is 5.20. The Balaban J connectivity index is 2.02. The van der Waals surface area contributed by atoms with E-state index in [1.807, 2.05) is 6.07 Å². The van der Waals surface area contributed by atoms with Crippen LogP contribution in [0, 0.1) is 0 Å². The Bertz CT molecular complexity index is 566. The molecule has 3 rings (SSSR count). The second-order valence-corrected chi connectivity index (χ2v) is 3.92. The van der Waals surface area contributed by atoms with E-state index >= 15 is 0 Å².